The van der Waals surface area contributed by atoms with Crippen LogP contribution < -0.4 is 5.32 Å². The highest BCUT2D eigenvalue weighted by Gasteiger charge is 2.63. The summed E-state index contributed by atoms with van der Waals surface area (Å²) in [6.07, 6.45) is -5.29. The lowest BCUT2D eigenvalue weighted by Gasteiger charge is -2.36. The molecular weight excluding hydrogens is 610 g/mol. The van der Waals surface area contributed by atoms with E-state index in [9.17, 15) is 36.8 Å². The number of rotatable bonds is 6. The van der Waals surface area contributed by atoms with Crippen molar-refractivity contribution in [1.29, 1.82) is 5.26 Å². The van der Waals surface area contributed by atoms with Crippen molar-refractivity contribution in [3.63, 3.8) is 0 Å². The summed E-state index contributed by atoms with van der Waals surface area (Å²) in [5.41, 5.74) is -1.05. The van der Waals surface area contributed by atoms with Crippen molar-refractivity contribution in [1.82, 2.24) is 15.2 Å². The maximum atomic E-state index is 14.5. The Morgan fingerprint density at radius 1 is 1.07 bits per heavy atom. The number of benzene rings is 1. The molecule has 2 saturated carbocycles. The highest BCUT2D eigenvalue weighted by Crippen LogP contribution is 2.52. The highest BCUT2D eigenvalue weighted by molar-refractivity contribution is 6.48. The van der Waals surface area contributed by atoms with E-state index in [4.69, 9.17) is 32.4 Å². The van der Waals surface area contributed by atoms with E-state index in [2.05, 4.69) is 10.3 Å². The SMILES string of the molecule is N#CC1(NC(=O)[C@@H]2CC(Cl)(Cl)CC[C@H]2c2oc(C(F)(F)C(F)(F)F)nc2-c2ccc(C(=O)N3CCOCC3)cc2)CC1. The molecule has 0 radical (unpaired) electrons. The van der Waals surface area contributed by atoms with Crippen molar-refractivity contribution >= 4 is 35.0 Å². The molecule has 3 fully saturated rings. The number of alkyl halides is 7. The quantitative estimate of drug-likeness (QED) is 0.323. The van der Waals surface area contributed by atoms with Gasteiger partial charge in [-0.25, -0.2) is 4.98 Å². The van der Waals surface area contributed by atoms with Gasteiger partial charge in [0.15, 0.2) is 0 Å². The van der Waals surface area contributed by atoms with Crippen LogP contribution in [0.5, 0.6) is 0 Å². The number of aromatic nitrogens is 1. The summed E-state index contributed by atoms with van der Waals surface area (Å²) < 4.78 is 78.0. The van der Waals surface area contributed by atoms with Gasteiger partial charge in [0, 0.05) is 30.1 Å². The minimum Gasteiger partial charge on any atom is -0.439 e. The van der Waals surface area contributed by atoms with E-state index >= 15 is 0 Å². The van der Waals surface area contributed by atoms with Gasteiger partial charge in [-0.3, -0.25) is 9.59 Å². The average molecular weight is 635 g/mol. The van der Waals surface area contributed by atoms with Crippen LogP contribution in [0.2, 0.25) is 0 Å². The van der Waals surface area contributed by atoms with Crippen LogP contribution in [-0.4, -0.2) is 64.1 Å². The summed E-state index contributed by atoms with van der Waals surface area (Å²) in [6, 6.07) is 7.56. The van der Waals surface area contributed by atoms with Crippen LogP contribution in [0.3, 0.4) is 0 Å². The number of hydrogen-bond donors (Lipinski definition) is 1. The summed E-state index contributed by atoms with van der Waals surface area (Å²) in [7, 11) is 0. The molecule has 0 spiro atoms. The van der Waals surface area contributed by atoms with E-state index in [0.717, 1.165) is 0 Å². The molecule has 2 aromatic rings. The van der Waals surface area contributed by atoms with Crippen molar-refractivity contribution in [3.05, 3.63) is 41.5 Å². The molecule has 2 amide bonds. The molecule has 2 aliphatic carbocycles. The van der Waals surface area contributed by atoms with Gasteiger partial charge in [-0.05, 0) is 44.2 Å². The van der Waals surface area contributed by atoms with Crippen LogP contribution in [0.1, 0.15) is 60.0 Å². The number of amides is 2. The van der Waals surface area contributed by atoms with Gasteiger partial charge < -0.3 is 19.4 Å². The Balaban J connectivity index is 1.54. The molecule has 8 nitrogen and oxygen atoms in total. The van der Waals surface area contributed by atoms with Crippen LogP contribution in [0.15, 0.2) is 28.7 Å². The Labute approximate surface area is 247 Å². The fraction of sp³-hybridized carbons (Fsp3) is 0.556. The number of nitrogens with zero attached hydrogens (tertiary/aromatic N) is 3. The molecule has 1 aliphatic heterocycles. The number of carbonyl (C=O) groups excluding carboxylic acids is 2. The first-order valence-electron chi connectivity index (χ1n) is 13.2. The van der Waals surface area contributed by atoms with Crippen molar-refractivity contribution in [2.24, 2.45) is 5.92 Å². The summed E-state index contributed by atoms with van der Waals surface area (Å²) in [5, 5.41) is 12.1. The predicted octanol–water partition coefficient (Wildman–Crippen LogP) is 5.70. The molecule has 42 heavy (non-hydrogen) atoms. The molecule has 1 aromatic heterocycles. The van der Waals surface area contributed by atoms with Crippen LogP contribution in [-0.2, 0) is 15.5 Å². The van der Waals surface area contributed by atoms with E-state index in [1.165, 1.54) is 24.3 Å². The zero-order valence-electron chi connectivity index (χ0n) is 21.9. The standard InChI is InChI=1S/C27H25Cl2F5N4O4/c28-25(29)6-5-17(18(13-25)21(39)37-24(14-35)7-8-24)20-19(36-23(42-20)26(30,31)27(32,33)34)15-1-3-16(4-2-15)22(40)38-9-11-41-12-10-38/h1-4,17-18H,5-13H2,(H,37,39)/t17-,18-/m1/s1. The Morgan fingerprint density at radius 3 is 2.29 bits per heavy atom. The fourth-order valence-corrected chi connectivity index (χ4v) is 5.76. The van der Waals surface area contributed by atoms with Gasteiger partial charge in [-0.1, -0.05) is 12.1 Å². The van der Waals surface area contributed by atoms with Crippen LogP contribution in [0, 0.1) is 17.2 Å². The highest BCUT2D eigenvalue weighted by atomic mass is 35.5. The van der Waals surface area contributed by atoms with Gasteiger partial charge in [0.1, 0.15) is 21.3 Å². The lowest BCUT2D eigenvalue weighted by molar-refractivity contribution is -0.297. The van der Waals surface area contributed by atoms with Gasteiger partial charge in [0.25, 0.3) is 11.8 Å². The molecule has 0 bridgehead atoms. The zero-order chi connectivity index (χ0) is 30.5. The largest absolute Gasteiger partial charge is 0.463 e. The van der Waals surface area contributed by atoms with Crippen molar-refractivity contribution in [3.8, 4) is 17.3 Å². The van der Waals surface area contributed by atoms with E-state index in [-0.39, 0.29) is 47.8 Å². The summed E-state index contributed by atoms with van der Waals surface area (Å²) in [4.78, 5) is 31.4. The van der Waals surface area contributed by atoms with Crippen LogP contribution in [0.4, 0.5) is 22.0 Å². The molecule has 15 heteroatoms. The topological polar surface area (TPSA) is 108 Å². The number of ether oxygens (including phenoxy) is 1. The third kappa shape index (κ3) is 5.94. The van der Waals surface area contributed by atoms with Crippen LogP contribution in [0.25, 0.3) is 11.3 Å². The van der Waals surface area contributed by atoms with Gasteiger partial charge in [0.05, 0.1) is 25.2 Å². The molecule has 1 aromatic carbocycles. The number of halogens is 7. The Bertz CT molecular complexity index is 1400. The first-order valence-corrected chi connectivity index (χ1v) is 14.0. The molecule has 2 heterocycles. The molecule has 3 aliphatic rings. The minimum atomic E-state index is -6.00. The first kappa shape index (κ1) is 30.5. The van der Waals surface area contributed by atoms with E-state index in [1.807, 2.05) is 6.07 Å². The molecule has 1 N–H and O–H groups in total. The van der Waals surface area contributed by atoms with Gasteiger partial charge in [-0.2, -0.15) is 27.2 Å². The van der Waals surface area contributed by atoms with Crippen molar-refractivity contribution < 1.29 is 40.7 Å². The first-order chi connectivity index (χ1) is 19.7. The lowest BCUT2D eigenvalue weighted by atomic mass is 9.75. The number of oxazole rings is 1. The number of carbonyl (C=O) groups is 2. The number of hydrogen-bond acceptors (Lipinski definition) is 6. The second-order valence-electron chi connectivity index (χ2n) is 10.8. The van der Waals surface area contributed by atoms with E-state index in [1.54, 1.807) is 4.90 Å². The number of morpholine rings is 1. The molecule has 2 atom stereocenters. The third-order valence-electron chi connectivity index (χ3n) is 7.81. The van der Waals surface area contributed by atoms with E-state index in [0.29, 0.717) is 39.1 Å². The minimum absolute atomic E-state index is 0.00252. The van der Waals surface area contributed by atoms with Gasteiger partial charge >= 0.3 is 12.1 Å². The van der Waals surface area contributed by atoms with Crippen molar-refractivity contribution in [2.45, 2.75) is 60.0 Å². The Kier molecular flexibility index (Phi) is 7.96. The predicted molar refractivity (Wildman–Crippen MR) is 139 cm³/mol. The Morgan fingerprint density at radius 2 is 1.71 bits per heavy atom. The molecule has 1 saturated heterocycles. The summed E-state index contributed by atoms with van der Waals surface area (Å²) in [5.74, 6) is -10.8. The van der Waals surface area contributed by atoms with Gasteiger partial charge in [0.2, 0.25) is 5.91 Å². The van der Waals surface area contributed by atoms with E-state index < -0.39 is 45.6 Å². The average Bonchev–Trinajstić information content (AvgIpc) is 3.58. The fourth-order valence-electron chi connectivity index (χ4n) is 5.21. The summed E-state index contributed by atoms with van der Waals surface area (Å²) >= 11 is 12.7. The molecular formula is C27H25Cl2F5N4O4. The Hall–Kier alpha value is -2.95. The smallest absolute Gasteiger partial charge is 0.439 e. The lowest BCUT2D eigenvalue weighted by Crippen LogP contribution is -2.45. The third-order valence-corrected chi connectivity index (χ3v) is 8.49. The van der Waals surface area contributed by atoms with Crippen molar-refractivity contribution in [2.75, 3.05) is 26.3 Å². The maximum Gasteiger partial charge on any atom is 0.463 e. The van der Waals surface area contributed by atoms with Gasteiger partial charge in [-0.15, -0.1) is 23.2 Å². The second-order valence-corrected chi connectivity index (χ2v) is 12.4. The summed E-state index contributed by atoms with van der Waals surface area (Å²) in [6.45, 7) is 1.51. The molecule has 226 valence electrons. The second kappa shape index (κ2) is 11.0. The number of nitrogens with one attached hydrogen (secondary N) is 1. The number of nitriles is 1. The molecule has 5 rings (SSSR count). The maximum absolute atomic E-state index is 14.5. The monoisotopic (exact) mass is 634 g/mol. The normalized spacial score (nSPS) is 23.6. The van der Waals surface area contributed by atoms with Crippen LogP contribution >= 0.6 is 23.2 Å². The zero-order valence-corrected chi connectivity index (χ0v) is 23.5. The molecule has 0 unspecified atom stereocenters.